The van der Waals surface area contributed by atoms with E-state index in [1.807, 2.05) is 0 Å². The van der Waals surface area contributed by atoms with Crippen LogP contribution >= 0.6 is 0 Å². The fourth-order valence-corrected chi connectivity index (χ4v) is 3.48. The Hall–Kier alpha value is -1.60. The van der Waals surface area contributed by atoms with E-state index >= 15 is 0 Å². The van der Waals surface area contributed by atoms with Crippen molar-refractivity contribution in [1.29, 1.82) is 0 Å². The van der Waals surface area contributed by atoms with Crippen LogP contribution in [0.25, 0.3) is 0 Å². The summed E-state index contributed by atoms with van der Waals surface area (Å²) in [7, 11) is 0. The topological polar surface area (TPSA) is 12.0 Å². The first kappa shape index (κ1) is 14.3. The van der Waals surface area contributed by atoms with Gasteiger partial charge in [-0.25, -0.2) is 0 Å². The lowest BCUT2D eigenvalue weighted by molar-refractivity contribution is 0.424. The van der Waals surface area contributed by atoms with Crippen LogP contribution in [0.4, 0.5) is 0 Å². The van der Waals surface area contributed by atoms with Gasteiger partial charge in [0.2, 0.25) is 0 Å². The van der Waals surface area contributed by atoms with Crippen molar-refractivity contribution in [1.82, 2.24) is 5.32 Å². The Morgan fingerprint density at radius 1 is 1.00 bits per heavy atom. The summed E-state index contributed by atoms with van der Waals surface area (Å²) in [5.74, 6) is 1.23. The largest absolute Gasteiger partial charge is 0.309 e. The van der Waals surface area contributed by atoms with Gasteiger partial charge in [-0.2, -0.15) is 0 Å². The molecular weight excluding hydrogens is 254 g/mol. The van der Waals surface area contributed by atoms with Gasteiger partial charge in [-0.15, -0.1) is 0 Å². The second kappa shape index (κ2) is 6.44. The smallest absolute Gasteiger partial charge is 0.0326 e. The molecule has 2 aromatic carbocycles. The monoisotopic (exact) mass is 279 g/mol. The lowest BCUT2D eigenvalue weighted by atomic mass is 9.88. The van der Waals surface area contributed by atoms with Gasteiger partial charge in [0.25, 0.3) is 0 Å². The van der Waals surface area contributed by atoms with Gasteiger partial charge in [-0.1, -0.05) is 68.4 Å². The predicted molar refractivity (Wildman–Crippen MR) is 89.5 cm³/mol. The van der Waals surface area contributed by atoms with Crippen molar-refractivity contribution >= 4 is 0 Å². The molecule has 3 rings (SSSR count). The van der Waals surface area contributed by atoms with E-state index in [9.17, 15) is 0 Å². The molecule has 2 atom stereocenters. The van der Waals surface area contributed by atoms with Crippen molar-refractivity contribution in [3.63, 3.8) is 0 Å². The zero-order chi connectivity index (χ0) is 14.7. The van der Waals surface area contributed by atoms with Gasteiger partial charge >= 0.3 is 0 Å². The number of nitrogens with one attached hydrogen (secondary N) is 1. The highest BCUT2D eigenvalue weighted by atomic mass is 14.9. The van der Waals surface area contributed by atoms with Gasteiger partial charge in [0.05, 0.1) is 0 Å². The minimum Gasteiger partial charge on any atom is -0.309 e. The molecule has 110 valence electrons. The Morgan fingerprint density at radius 2 is 1.71 bits per heavy atom. The molecule has 0 bridgehead atoms. The van der Waals surface area contributed by atoms with Crippen molar-refractivity contribution in [2.24, 2.45) is 5.92 Å². The van der Waals surface area contributed by atoms with Crippen LogP contribution in [0.2, 0.25) is 0 Å². The third-order valence-electron chi connectivity index (χ3n) is 4.75. The lowest BCUT2D eigenvalue weighted by Crippen LogP contribution is -2.27. The Labute approximate surface area is 128 Å². The summed E-state index contributed by atoms with van der Waals surface area (Å²) in [4.78, 5) is 0. The highest BCUT2D eigenvalue weighted by molar-refractivity contribution is 5.34. The van der Waals surface area contributed by atoms with E-state index in [0.29, 0.717) is 17.9 Å². The van der Waals surface area contributed by atoms with Gasteiger partial charge in [0, 0.05) is 12.6 Å². The average Bonchev–Trinajstić information content (AvgIpc) is 2.92. The van der Waals surface area contributed by atoms with Gasteiger partial charge in [0.1, 0.15) is 0 Å². The third kappa shape index (κ3) is 3.19. The maximum atomic E-state index is 3.82. The minimum absolute atomic E-state index is 0.533. The zero-order valence-corrected chi connectivity index (χ0v) is 13.0. The number of aryl methyl sites for hydroxylation is 1. The summed E-state index contributed by atoms with van der Waals surface area (Å²) in [6.07, 6.45) is 2.45. The average molecular weight is 279 g/mol. The molecule has 0 radical (unpaired) electrons. The van der Waals surface area contributed by atoms with Crippen molar-refractivity contribution in [2.75, 3.05) is 6.54 Å². The van der Waals surface area contributed by atoms with E-state index in [0.717, 1.165) is 6.54 Å². The normalized spacial score (nSPS) is 18.7. The summed E-state index contributed by atoms with van der Waals surface area (Å²) >= 11 is 0. The van der Waals surface area contributed by atoms with E-state index in [2.05, 4.69) is 73.8 Å². The molecule has 1 nitrogen and oxygen atoms in total. The third-order valence-corrected chi connectivity index (χ3v) is 4.75. The predicted octanol–water partition coefficient (Wildman–Crippen LogP) is 4.70. The molecule has 0 aliphatic heterocycles. The first-order valence-electron chi connectivity index (χ1n) is 8.12. The molecule has 21 heavy (non-hydrogen) atoms. The van der Waals surface area contributed by atoms with Crippen molar-refractivity contribution in [3.8, 4) is 0 Å². The van der Waals surface area contributed by atoms with Crippen LogP contribution < -0.4 is 5.32 Å². The second-order valence-electron chi connectivity index (χ2n) is 6.46. The van der Waals surface area contributed by atoms with Crippen molar-refractivity contribution in [2.45, 2.75) is 38.6 Å². The fraction of sp³-hybridized carbons (Fsp3) is 0.400. The highest BCUT2D eigenvalue weighted by Gasteiger charge is 2.23. The number of benzene rings is 2. The highest BCUT2D eigenvalue weighted by Crippen LogP contribution is 2.32. The molecule has 0 saturated carbocycles. The van der Waals surface area contributed by atoms with Gasteiger partial charge in [-0.05, 0) is 41.4 Å². The summed E-state index contributed by atoms with van der Waals surface area (Å²) in [5.41, 5.74) is 4.48. The number of hydrogen-bond acceptors (Lipinski definition) is 1. The molecule has 1 aliphatic rings. The zero-order valence-electron chi connectivity index (χ0n) is 13.0. The Morgan fingerprint density at radius 3 is 2.48 bits per heavy atom. The van der Waals surface area contributed by atoms with Crippen LogP contribution in [0.5, 0.6) is 0 Å². The molecule has 1 aliphatic carbocycles. The molecule has 0 aromatic heterocycles. The number of rotatable bonds is 5. The standard InChI is InChI=1S/C20H25N/c1-15(2)19(16-8-4-3-5-9-16)14-21-20-13-12-17-10-6-7-11-18(17)20/h3-11,15,19-21H,12-14H2,1-2H3. The van der Waals surface area contributed by atoms with Gasteiger partial charge in [0.15, 0.2) is 0 Å². The maximum absolute atomic E-state index is 3.82. The number of fused-ring (bicyclic) bond motifs is 1. The Balaban J connectivity index is 1.69. The van der Waals surface area contributed by atoms with Crippen LogP contribution in [-0.2, 0) is 6.42 Å². The molecular formula is C20H25N. The minimum atomic E-state index is 0.533. The van der Waals surface area contributed by atoms with E-state index < -0.39 is 0 Å². The summed E-state index contributed by atoms with van der Waals surface area (Å²) in [5, 5.41) is 3.82. The second-order valence-corrected chi connectivity index (χ2v) is 6.46. The van der Waals surface area contributed by atoms with Crippen LogP contribution in [-0.4, -0.2) is 6.54 Å². The van der Waals surface area contributed by atoms with Crippen molar-refractivity contribution < 1.29 is 0 Å². The van der Waals surface area contributed by atoms with Crippen LogP contribution in [0.3, 0.4) is 0 Å². The van der Waals surface area contributed by atoms with E-state index in [1.165, 1.54) is 29.5 Å². The van der Waals surface area contributed by atoms with Crippen molar-refractivity contribution in [3.05, 3.63) is 71.3 Å². The first-order valence-corrected chi connectivity index (χ1v) is 8.12. The van der Waals surface area contributed by atoms with E-state index in [1.54, 1.807) is 0 Å². The molecule has 1 N–H and O–H groups in total. The van der Waals surface area contributed by atoms with Crippen LogP contribution in [0, 0.1) is 5.92 Å². The van der Waals surface area contributed by atoms with Gasteiger partial charge in [-0.3, -0.25) is 0 Å². The molecule has 2 aromatic rings. The Kier molecular flexibility index (Phi) is 4.40. The molecule has 0 spiro atoms. The SMILES string of the molecule is CC(C)C(CNC1CCc2ccccc21)c1ccccc1. The molecule has 0 heterocycles. The quantitative estimate of drug-likeness (QED) is 0.836. The molecule has 1 heteroatoms. The lowest BCUT2D eigenvalue weighted by Gasteiger charge is -2.24. The summed E-state index contributed by atoms with van der Waals surface area (Å²) in [6.45, 7) is 5.70. The molecule has 0 fully saturated rings. The fourth-order valence-electron chi connectivity index (χ4n) is 3.48. The first-order chi connectivity index (χ1) is 10.3. The van der Waals surface area contributed by atoms with E-state index in [4.69, 9.17) is 0 Å². The maximum Gasteiger partial charge on any atom is 0.0326 e. The van der Waals surface area contributed by atoms with Crippen LogP contribution in [0.15, 0.2) is 54.6 Å². The Bertz CT molecular complexity index is 573. The summed E-state index contributed by atoms with van der Waals surface area (Å²) in [6, 6.07) is 20.3. The molecule has 0 amide bonds. The number of hydrogen-bond donors (Lipinski definition) is 1. The summed E-state index contributed by atoms with van der Waals surface area (Å²) < 4.78 is 0. The molecule has 2 unspecified atom stereocenters. The van der Waals surface area contributed by atoms with E-state index in [-0.39, 0.29) is 0 Å². The molecule has 0 saturated heterocycles. The van der Waals surface area contributed by atoms with Crippen LogP contribution in [0.1, 0.15) is 48.9 Å². The van der Waals surface area contributed by atoms with Gasteiger partial charge < -0.3 is 5.32 Å².